The van der Waals surface area contributed by atoms with E-state index in [-0.39, 0.29) is 17.4 Å². The number of hydrogen-bond donors (Lipinski definition) is 2. The number of allylic oxidation sites excluding steroid dienone is 1. The summed E-state index contributed by atoms with van der Waals surface area (Å²) in [5.74, 6) is -0.653. The number of aromatic nitrogens is 2. The highest BCUT2D eigenvalue weighted by Crippen LogP contribution is 2.42. The lowest BCUT2D eigenvalue weighted by Crippen LogP contribution is -2.20. The molecule has 1 aromatic carbocycles. The number of amides is 1. The zero-order valence-electron chi connectivity index (χ0n) is 15.2. The summed E-state index contributed by atoms with van der Waals surface area (Å²) >= 11 is 2.48. The molecule has 1 atom stereocenters. The van der Waals surface area contributed by atoms with Crippen LogP contribution in [0, 0.1) is 5.41 Å². The summed E-state index contributed by atoms with van der Waals surface area (Å²) in [6, 6.07) is 5.06. The van der Waals surface area contributed by atoms with Gasteiger partial charge in [0.25, 0.3) is 5.91 Å². The lowest BCUT2D eigenvalue weighted by molar-refractivity contribution is -0.120. The largest absolute Gasteiger partial charge is 0.493 e. The first-order chi connectivity index (χ1) is 13.4. The minimum atomic E-state index is -0.686. The Morgan fingerprint density at radius 1 is 1.36 bits per heavy atom. The van der Waals surface area contributed by atoms with Crippen LogP contribution in [-0.4, -0.2) is 40.6 Å². The van der Waals surface area contributed by atoms with Crippen molar-refractivity contribution in [2.24, 2.45) is 5.73 Å². The lowest BCUT2D eigenvalue weighted by atomic mass is 10.1. The SMILES string of the molecule is CCc1nnc([C@H]2C(=N)S/C(=C\c3ccc(OCC(N)=O)c(OC)c3)C2=O)s1. The first-order valence-electron chi connectivity index (χ1n) is 8.36. The molecule has 2 heterocycles. The fourth-order valence-electron chi connectivity index (χ4n) is 2.53. The van der Waals surface area contributed by atoms with Crippen LogP contribution in [0.3, 0.4) is 0 Å². The van der Waals surface area contributed by atoms with Crippen LogP contribution < -0.4 is 15.2 Å². The minimum absolute atomic E-state index is 0.165. The van der Waals surface area contributed by atoms with E-state index in [1.54, 1.807) is 24.3 Å². The van der Waals surface area contributed by atoms with Crippen molar-refractivity contribution in [3.05, 3.63) is 38.7 Å². The molecule has 1 aliphatic heterocycles. The summed E-state index contributed by atoms with van der Waals surface area (Å²) in [5, 5.41) is 18.0. The highest BCUT2D eigenvalue weighted by Gasteiger charge is 2.39. The van der Waals surface area contributed by atoms with Crippen molar-refractivity contribution in [2.45, 2.75) is 19.3 Å². The van der Waals surface area contributed by atoms with Crippen molar-refractivity contribution in [3.63, 3.8) is 0 Å². The van der Waals surface area contributed by atoms with Crippen molar-refractivity contribution in [1.29, 1.82) is 5.41 Å². The average molecular weight is 419 g/mol. The number of aryl methyl sites for hydroxylation is 1. The van der Waals surface area contributed by atoms with Gasteiger partial charge < -0.3 is 15.2 Å². The fraction of sp³-hybridized carbons (Fsp3) is 0.278. The third-order valence-electron chi connectivity index (χ3n) is 3.87. The summed E-state index contributed by atoms with van der Waals surface area (Å²) < 4.78 is 10.6. The second-order valence-corrected chi connectivity index (χ2v) is 8.00. The molecule has 28 heavy (non-hydrogen) atoms. The molecular formula is C18H18N4O4S2. The lowest BCUT2D eigenvalue weighted by Gasteiger charge is -2.10. The molecule has 1 amide bonds. The minimum Gasteiger partial charge on any atom is -0.493 e. The normalized spacial score (nSPS) is 17.9. The Morgan fingerprint density at radius 3 is 2.79 bits per heavy atom. The molecule has 1 aromatic heterocycles. The topological polar surface area (TPSA) is 128 Å². The Morgan fingerprint density at radius 2 is 2.14 bits per heavy atom. The molecule has 3 N–H and O–H groups in total. The van der Waals surface area contributed by atoms with Crippen LogP contribution in [0.2, 0.25) is 0 Å². The summed E-state index contributed by atoms with van der Waals surface area (Å²) in [4.78, 5) is 24.2. The van der Waals surface area contributed by atoms with Crippen molar-refractivity contribution in [3.8, 4) is 11.5 Å². The first-order valence-corrected chi connectivity index (χ1v) is 9.99. The van der Waals surface area contributed by atoms with E-state index in [0.29, 0.717) is 27.0 Å². The van der Waals surface area contributed by atoms with Crippen LogP contribution >= 0.6 is 23.1 Å². The average Bonchev–Trinajstić information content (AvgIpc) is 3.24. The number of methoxy groups -OCH3 is 1. The maximum absolute atomic E-state index is 12.8. The van der Waals surface area contributed by atoms with Gasteiger partial charge in [-0.15, -0.1) is 21.5 Å². The second kappa shape index (κ2) is 8.53. The smallest absolute Gasteiger partial charge is 0.255 e. The molecule has 3 rings (SSSR count). The maximum atomic E-state index is 12.8. The molecule has 8 nitrogen and oxygen atoms in total. The summed E-state index contributed by atoms with van der Waals surface area (Å²) in [6.07, 6.45) is 2.44. The van der Waals surface area contributed by atoms with Gasteiger partial charge in [0, 0.05) is 0 Å². The molecule has 0 saturated carbocycles. The van der Waals surface area contributed by atoms with Crippen LogP contribution in [-0.2, 0) is 16.0 Å². The standard InChI is InChI=1S/C18H18N4O4S2/c1-3-14-21-22-18(28-14)15-16(24)12(27-17(15)20)7-9-4-5-10(11(6-9)25-2)26-8-13(19)23/h4-7,15,20H,3,8H2,1-2H3,(H2,19,23)/b12-7-,20-17?/t15-/m1/s1. The summed E-state index contributed by atoms with van der Waals surface area (Å²) in [5.41, 5.74) is 5.79. The number of nitrogens with one attached hydrogen (secondary N) is 1. The zero-order valence-corrected chi connectivity index (χ0v) is 16.9. The van der Waals surface area contributed by atoms with Gasteiger partial charge in [0.15, 0.2) is 23.9 Å². The van der Waals surface area contributed by atoms with Gasteiger partial charge in [0.05, 0.1) is 17.1 Å². The van der Waals surface area contributed by atoms with E-state index < -0.39 is 11.8 Å². The molecule has 1 fully saturated rings. The van der Waals surface area contributed by atoms with Gasteiger partial charge >= 0.3 is 0 Å². The van der Waals surface area contributed by atoms with Gasteiger partial charge in [-0.2, -0.15) is 0 Å². The molecule has 146 valence electrons. The van der Waals surface area contributed by atoms with E-state index in [1.807, 2.05) is 6.92 Å². The maximum Gasteiger partial charge on any atom is 0.255 e. The molecule has 0 aliphatic carbocycles. The quantitative estimate of drug-likeness (QED) is 0.661. The predicted molar refractivity (Wildman–Crippen MR) is 108 cm³/mol. The van der Waals surface area contributed by atoms with Crippen LogP contribution in [0.1, 0.15) is 28.4 Å². The number of nitrogens with zero attached hydrogens (tertiary/aromatic N) is 2. The van der Waals surface area contributed by atoms with Gasteiger partial charge in [0.1, 0.15) is 15.9 Å². The van der Waals surface area contributed by atoms with Gasteiger partial charge in [-0.1, -0.05) is 24.8 Å². The number of primary amides is 1. The van der Waals surface area contributed by atoms with E-state index in [2.05, 4.69) is 10.2 Å². The molecule has 0 radical (unpaired) electrons. The van der Waals surface area contributed by atoms with Crippen molar-refractivity contribution < 1.29 is 19.1 Å². The van der Waals surface area contributed by atoms with E-state index >= 15 is 0 Å². The van der Waals surface area contributed by atoms with Crippen LogP contribution in [0.4, 0.5) is 0 Å². The van der Waals surface area contributed by atoms with Crippen LogP contribution in [0.25, 0.3) is 6.08 Å². The molecule has 1 aliphatic rings. The number of carbonyl (C=O) groups excluding carboxylic acids is 2. The Balaban J connectivity index is 1.84. The van der Waals surface area contributed by atoms with Gasteiger partial charge in [-0.3, -0.25) is 15.0 Å². The van der Waals surface area contributed by atoms with Crippen LogP contribution in [0.5, 0.6) is 11.5 Å². The number of rotatable bonds is 7. The number of Topliss-reactive ketones (excluding diaryl/α,β-unsaturated/α-hetero) is 1. The number of hydrogen-bond acceptors (Lipinski definition) is 9. The van der Waals surface area contributed by atoms with E-state index in [9.17, 15) is 9.59 Å². The van der Waals surface area contributed by atoms with Crippen molar-refractivity contribution >= 4 is 45.9 Å². The molecular weight excluding hydrogens is 400 g/mol. The number of benzene rings is 1. The van der Waals surface area contributed by atoms with Crippen molar-refractivity contribution in [1.82, 2.24) is 10.2 Å². The highest BCUT2D eigenvalue weighted by atomic mass is 32.2. The highest BCUT2D eigenvalue weighted by molar-refractivity contribution is 8.19. The summed E-state index contributed by atoms with van der Waals surface area (Å²) in [7, 11) is 1.48. The van der Waals surface area contributed by atoms with E-state index in [1.165, 1.54) is 18.4 Å². The Bertz CT molecular complexity index is 970. The molecule has 0 bridgehead atoms. The molecule has 10 heteroatoms. The molecule has 1 saturated heterocycles. The number of carbonyl (C=O) groups is 2. The molecule has 2 aromatic rings. The number of ether oxygens (including phenoxy) is 2. The zero-order chi connectivity index (χ0) is 20.3. The third kappa shape index (κ3) is 4.23. The van der Waals surface area contributed by atoms with Gasteiger partial charge in [-0.25, -0.2) is 0 Å². The molecule has 0 unspecified atom stereocenters. The fourth-order valence-corrected chi connectivity index (χ4v) is 4.49. The second-order valence-electron chi connectivity index (χ2n) is 5.83. The summed E-state index contributed by atoms with van der Waals surface area (Å²) in [6.45, 7) is 1.71. The Labute approximate surface area is 169 Å². The monoisotopic (exact) mass is 418 g/mol. The van der Waals surface area contributed by atoms with Gasteiger partial charge in [-0.05, 0) is 30.2 Å². The Kier molecular flexibility index (Phi) is 6.10. The van der Waals surface area contributed by atoms with Gasteiger partial charge in [0.2, 0.25) is 0 Å². The van der Waals surface area contributed by atoms with E-state index in [0.717, 1.165) is 23.2 Å². The number of thioether (sulfide) groups is 1. The van der Waals surface area contributed by atoms with E-state index in [4.69, 9.17) is 20.6 Å². The first kappa shape index (κ1) is 20.0. The third-order valence-corrected chi connectivity index (χ3v) is 6.00. The number of ketones is 1. The molecule has 0 spiro atoms. The Hall–Kier alpha value is -2.72. The van der Waals surface area contributed by atoms with Crippen molar-refractivity contribution in [2.75, 3.05) is 13.7 Å². The van der Waals surface area contributed by atoms with Crippen LogP contribution in [0.15, 0.2) is 23.1 Å². The predicted octanol–water partition coefficient (Wildman–Crippen LogP) is 2.39. The number of nitrogens with two attached hydrogens (primary N) is 1.